The number of hydrogen-bond acceptors (Lipinski definition) is 5. The molecule has 0 atom stereocenters. The van der Waals surface area contributed by atoms with Crippen LogP contribution in [0.15, 0.2) is 18.2 Å². The second kappa shape index (κ2) is 8.21. The summed E-state index contributed by atoms with van der Waals surface area (Å²) in [5, 5.41) is 16.5. The third-order valence-corrected chi connectivity index (χ3v) is 2.78. The fourth-order valence-corrected chi connectivity index (χ4v) is 1.71. The summed E-state index contributed by atoms with van der Waals surface area (Å²) in [6, 6.07) is 4.38. The minimum atomic E-state index is -0.460. The molecule has 1 amide bonds. The van der Waals surface area contributed by atoms with Gasteiger partial charge in [0.15, 0.2) is 0 Å². The Hall–Kier alpha value is -2.15. The Morgan fingerprint density at radius 2 is 2.14 bits per heavy atom. The lowest BCUT2D eigenvalue weighted by atomic mass is 10.1. The van der Waals surface area contributed by atoms with Crippen molar-refractivity contribution in [3.8, 4) is 5.75 Å². The van der Waals surface area contributed by atoms with Gasteiger partial charge in [0.2, 0.25) is 5.91 Å². The lowest BCUT2D eigenvalue weighted by Crippen LogP contribution is -2.35. The zero-order valence-corrected chi connectivity index (χ0v) is 12.5. The molecule has 0 saturated carbocycles. The highest BCUT2D eigenvalue weighted by molar-refractivity contribution is 5.77. The molecule has 0 radical (unpaired) electrons. The number of nitro benzene ring substituents is 1. The number of carbonyl (C=O) groups is 1. The summed E-state index contributed by atoms with van der Waals surface area (Å²) in [6.45, 7) is 5.13. The maximum Gasteiger partial charge on any atom is 0.270 e. The zero-order valence-electron chi connectivity index (χ0n) is 12.5. The smallest absolute Gasteiger partial charge is 0.270 e. The fourth-order valence-electron chi connectivity index (χ4n) is 1.71. The van der Waals surface area contributed by atoms with E-state index in [0.29, 0.717) is 30.3 Å². The predicted molar refractivity (Wildman–Crippen MR) is 79.2 cm³/mol. The number of hydrogen-bond donors (Lipinski definition) is 2. The summed E-state index contributed by atoms with van der Waals surface area (Å²) in [4.78, 5) is 21.9. The number of rotatable bonds is 8. The van der Waals surface area contributed by atoms with Crippen LogP contribution in [0.2, 0.25) is 0 Å². The van der Waals surface area contributed by atoms with E-state index in [2.05, 4.69) is 10.6 Å². The molecule has 21 heavy (non-hydrogen) atoms. The highest BCUT2D eigenvalue weighted by atomic mass is 16.6. The summed E-state index contributed by atoms with van der Waals surface area (Å²) in [5.41, 5.74) is 0.639. The van der Waals surface area contributed by atoms with E-state index in [1.54, 1.807) is 6.07 Å². The first kappa shape index (κ1) is 16.9. The van der Waals surface area contributed by atoms with Crippen LogP contribution < -0.4 is 15.4 Å². The molecule has 0 saturated heterocycles. The van der Waals surface area contributed by atoms with Crippen molar-refractivity contribution in [1.82, 2.24) is 10.6 Å². The molecule has 0 heterocycles. The number of methoxy groups -OCH3 is 1. The van der Waals surface area contributed by atoms with Crippen LogP contribution >= 0.6 is 0 Å². The number of nitrogens with one attached hydrogen (secondary N) is 2. The fraction of sp³-hybridized carbons (Fsp3) is 0.500. The summed E-state index contributed by atoms with van der Waals surface area (Å²) in [6.07, 6.45) is 0. The number of amides is 1. The number of nitrogens with zero attached hydrogens (tertiary/aromatic N) is 1. The maximum absolute atomic E-state index is 11.6. The molecule has 0 spiro atoms. The first-order valence-electron chi connectivity index (χ1n) is 6.72. The van der Waals surface area contributed by atoms with E-state index in [0.717, 1.165) is 0 Å². The highest BCUT2D eigenvalue weighted by Gasteiger charge is 2.11. The van der Waals surface area contributed by atoms with Crippen molar-refractivity contribution >= 4 is 11.6 Å². The van der Waals surface area contributed by atoms with Crippen LogP contribution in [0.25, 0.3) is 0 Å². The summed E-state index contributed by atoms with van der Waals surface area (Å²) in [5.74, 6) is 0.842. The van der Waals surface area contributed by atoms with Gasteiger partial charge in [0.1, 0.15) is 5.75 Å². The van der Waals surface area contributed by atoms with Crippen molar-refractivity contribution in [2.75, 3.05) is 20.2 Å². The number of carbonyl (C=O) groups excluding carboxylic acids is 1. The molecular formula is C14H21N3O4. The van der Waals surface area contributed by atoms with E-state index in [-0.39, 0.29) is 18.1 Å². The zero-order chi connectivity index (χ0) is 15.8. The van der Waals surface area contributed by atoms with Gasteiger partial charge in [0, 0.05) is 30.8 Å². The average Bonchev–Trinajstić information content (AvgIpc) is 2.44. The minimum absolute atomic E-state index is 0.00291. The second-order valence-corrected chi connectivity index (χ2v) is 5.05. The van der Waals surface area contributed by atoms with Crippen LogP contribution in [0, 0.1) is 16.0 Å². The van der Waals surface area contributed by atoms with Gasteiger partial charge in [-0.05, 0) is 12.0 Å². The van der Waals surface area contributed by atoms with Gasteiger partial charge in [-0.15, -0.1) is 0 Å². The van der Waals surface area contributed by atoms with E-state index < -0.39 is 4.92 Å². The van der Waals surface area contributed by atoms with Crippen LogP contribution in [0.5, 0.6) is 5.75 Å². The quantitative estimate of drug-likeness (QED) is 0.559. The molecule has 2 N–H and O–H groups in total. The monoisotopic (exact) mass is 295 g/mol. The van der Waals surface area contributed by atoms with Crippen molar-refractivity contribution < 1.29 is 14.5 Å². The third kappa shape index (κ3) is 5.78. The Morgan fingerprint density at radius 1 is 1.43 bits per heavy atom. The van der Waals surface area contributed by atoms with Crippen molar-refractivity contribution in [2.24, 2.45) is 5.92 Å². The molecule has 1 aromatic rings. The summed E-state index contributed by atoms with van der Waals surface area (Å²) >= 11 is 0. The van der Waals surface area contributed by atoms with Crippen LogP contribution in [-0.2, 0) is 11.3 Å². The van der Waals surface area contributed by atoms with Crippen molar-refractivity contribution in [1.29, 1.82) is 0 Å². The van der Waals surface area contributed by atoms with Crippen LogP contribution in [0.3, 0.4) is 0 Å². The van der Waals surface area contributed by atoms with Gasteiger partial charge in [-0.3, -0.25) is 14.9 Å². The van der Waals surface area contributed by atoms with Gasteiger partial charge in [0.05, 0.1) is 18.6 Å². The van der Waals surface area contributed by atoms with E-state index in [1.165, 1.54) is 19.2 Å². The molecule has 0 aromatic heterocycles. The third-order valence-electron chi connectivity index (χ3n) is 2.78. The SMILES string of the molecule is COc1ccc([N+](=O)[O-])cc1CNCC(=O)NCC(C)C. The standard InChI is InChI=1S/C14H21N3O4/c1-10(2)7-16-14(18)9-15-8-11-6-12(17(19)20)4-5-13(11)21-3/h4-6,10,15H,7-9H2,1-3H3,(H,16,18). The van der Waals surface area contributed by atoms with Crippen LogP contribution in [0.4, 0.5) is 5.69 Å². The molecule has 7 nitrogen and oxygen atoms in total. The van der Waals surface area contributed by atoms with E-state index in [4.69, 9.17) is 4.74 Å². The van der Waals surface area contributed by atoms with Gasteiger partial charge >= 0.3 is 0 Å². The molecule has 0 bridgehead atoms. The molecule has 0 fully saturated rings. The number of non-ortho nitro benzene ring substituents is 1. The molecule has 7 heteroatoms. The molecule has 0 aliphatic heterocycles. The Balaban J connectivity index is 2.56. The highest BCUT2D eigenvalue weighted by Crippen LogP contribution is 2.23. The van der Waals surface area contributed by atoms with E-state index in [1.807, 2.05) is 13.8 Å². The number of benzene rings is 1. The van der Waals surface area contributed by atoms with Crippen LogP contribution in [-0.4, -0.2) is 31.0 Å². The lowest BCUT2D eigenvalue weighted by molar-refractivity contribution is -0.384. The average molecular weight is 295 g/mol. The van der Waals surface area contributed by atoms with Crippen molar-refractivity contribution in [3.63, 3.8) is 0 Å². The van der Waals surface area contributed by atoms with E-state index >= 15 is 0 Å². The van der Waals surface area contributed by atoms with Gasteiger partial charge < -0.3 is 15.4 Å². The molecular weight excluding hydrogens is 274 g/mol. The summed E-state index contributed by atoms with van der Waals surface area (Å²) in [7, 11) is 1.50. The molecule has 0 aliphatic rings. The number of ether oxygens (including phenoxy) is 1. The Morgan fingerprint density at radius 3 is 2.71 bits per heavy atom. The van der Waals surface area contributed by atoms with Crippen molar-refractivity contribution in [3.05, 3.63) is 33.9 Å². The topological polar surface area (TPSA) is 93.5 Å². The van der Waals surface area contributed by atoms with Crippen LogP contribution in [0.1, 0.15) is 19.4 Å². The molecule has 0 aliphatic carbocycles. The lowest BCUT2D eigenvalue weighted by Gasteiger charge is -2.10. The Kier molecular flexibility index (Phi) is 6.61. The van der Waals surface area contributed by atoms with Gasteiger partial charge in [-0.1, -0.05) is 13.8 Å². The van der Waals surface area contributed by atoms with E-state index in [9.17, 15) is 14.9 Å². The number of nitro groups is 1. The normalized spacial score (nSPS) is 10.5. The Labute approximate surface area is 123 Å². The van der Waals surface area contributed by atoms with Crippen molar-refractivity contribution in [2.45, 2.75) is 20.4 Å². The summed E-state index contributed by atoms with van der Waals surface area (Å²) < 4.78 is 5.15. The van der Waals surface area contributed by atoms with Gasteiger partial charge in [-0.25, -0.2) is 0 Å². The van der Waals surface area contributed by atoms with Gasteiger partial charge in [-0.2, -0.15) is 0 Å². The molecule has 0 unspecified atom stereocenters. The molecule has 116 valence electrons. The molecule has 1 aromatic carbocycles. The first-order chi connectivity index (χ1) is 9.93. The largest absolute Gasteiger partial charge is 0.496 e. The minimum Gasteiger partial charge on any atom is -0.496 e. The molecule has 1 rings (SSSR count). The maximum atomic E-state index is 11.6. The first-order valence-corrected chi connectivity index (χ1v) is 6.72. The van der Waals surface area contributed by atoms with Gasteiger partial charge in [0.25, 0.3) is 5.69 Å². The Bertz CT molecular complexity index is 503. The second-order valence-electron chi connectivity index (χ2n) is 5.05. The predicted octanol–water partition coefficient (Wildman–Crippen LogP) is 1.47.